The van der Waals surface area contributed by atoms with E-state index in [2.05, 4.69) is 17.6 Å². The zero-order valence-corrected chi connectivity index (χ0v) is 18.8. The number of hydrogen-bond acceptors (Lipinski definition) is 4. The molecule has 0 aliphatic carbocycles. The maximum absolute atomic E-state index is 13.3. The number of piperidine rings is 1. The number of hydrogen-bond donors (Lipinski definition) is 3. The largest absolute Gasteiger partial charge is 0.351 e. The molecule has 1 heterocycles. The van der Waals surface area contributed by atoms with Gasteiger partial charge in [0.25, 0.3) is 5.91 Å². The smallest absolute Gasteiger partial charge is 0.316 e. The van der Waals surface area contributed by atoms with Crippen LogP contribution in [0, 0.1) is 19.8 Å². The van der Waals surface area contributed by atoms with Crippen molar-refractivity contribution in [1.29, 1.82) is 0 Å². The molecule has 0 bridgehead atoms. The summed E-state index contributed by atoms with van der Waals surface area (Å²) >= 11 is 0. The molecule has 166 valence electrons. The number of anilines is 2. The van der Waals surface area contributed by atoms with Gasteiger partial charge in [-0.05, 0) is 74.1 Å². The number of aryl methyl sites for hydroxylation is 1. The SMILES string of the molecule is Cc1cc(C(=O)Nc2cccc(NC(N)=O)c2)cc(S(=O)(=O)N2CCC(C)CC2)c1C. The maximum Gasteiger partial charge on any atom is 0.316 e. The Balaban J connectivity index is 1.88. The van der Waals surface area contributed by atoms with Crippen LogP contribution < -0.4 is 16.4 Å². The van der Waals surface area contributed by atoms with Gasteiger partial charge in [0.15, 0.2) is 0 Å². The third-order valence-corrected chi connectivity index (χ3v) is 7.66. The van der Waals surface area contributed by atoms with Crippen LogP contribution in [0.25, 0.3) is 0 Å². The Bertz CT molecular complexity index is 1110. The number of primary amides is 1. The lowest BCUT2D eigenvalue weighted by atomic mass is 10.0. The van der Waals surface area contributed by atoms with E-state index in [1.165, 1.54) is 10.4 Å². The third-order valence-electron chi connectivity index (χ3n) is 5.63. The first kappa shape index (κ1) is 22.8. The minimum atomic E-state index is -3.70. The Labute approximate surface area is 182 Å². The van der Waals surface area contributed by atoms with E-state index in [4.69, 9.17) is 5.73 Å². The number of amides is 3. The number of nitrogens with one attached hydrogen (secondary N) is 2. The molecule has 1 aliphatic heterocycles. The van der Waals surface area contributed by atoms with Crippen LogP contribution in [-0.2, 0) is 10.0 Å². The summed E-state index contributed by atoms with van der Waals surface area (Å²) in [6, 6.07) is 8.94. The summed E-state index contributed by atoms with van der Waals surface area (Å²) in [5, 5.41) is 5.19. The molecular weight excluding hydrogens is 416 g/mol. The second kappa shape index (κ2) is 9.07. The van der Waals surface area contributed by atoms with E-state index in [0.717, 1.165) is 18.4 Å². The highest BCUT2D eigenvalue weighted by molar-refractivity contribution is 7.89. The van der Waals surface area contributed by atoms with Gasteiger partial charge in [-0.15, -0.1) is 0 Å². The molecule has 0 aromatic heterocycles. The fourth-order valence-electron chi connectivity index (χ4n) is 3.61. The number of benzene rings is 2. The van der Waals surface area contributed by atoms with Crippen molar-refractivity contribution in [3.05, 3.63) is 53.1 Å². The highest BCUT2D eigenvalue weighted by atomic mass is 32.2. The van der Waals surface area contributed by atoms with Crippen LogP contribution in [0.2, 0.25) is 0 Å². The fourth-order valence-corrected chi connectivity index (χ4v) is 5.40. The minimum absolute atomic E-state index is 0.163. The average molecular weight is 445 g/mol. The summed E-state index contributed by atoms with van der Waals surface area (Å²) in [5.74, 6) is 0.0641. The first-order valence-corrected chi connectivity index (χ1v) is 11.6. The number of rotatable bonds is 5. The molecule has 3 amide bonds. The van der Waals surface area contributed by atoms with Crippen LogP contribution in [0.4, 0.5) is 16.2 Å². The lowest BCUT2D eigenvalue weighted by Crippen LogP contribution is -2.38. The van der Waals surface area contributed by atoms with E-state index < -0.39 is 22.0 Å². The summed E-state index contributed by atoms with van der Waals surface area (Å²) in [6.45, 7) is 6.64. The zero-order valence-electron chi connectivity index (χ0n) is 17.9. The minimum Gasteiger partial charge on any atom is -0.351 e. The Morgan fingerprint density at radius 3 is 2.26 bits per heavy atom. The molecule has 4 N–H and O–H groups in total. The molecular formula is C22H28N4O4S. The van der Waals surface area contributed by atoms with Crippen molar-refractivity contribution in [2.75, 3.05) is 23.7 Å². The Morgan fingerprint density at radius 1 is 1.03 bits per heavy atom. The molecule has 8 nitrogen and oxygen atoms in total. The van der Waals surface area contributed by atoms with E-state index >= 15 is 0 Å². The normalized spacial score (nSPS) is 15.5. The molecule has 9 heteroatoms. The van der Waals surface area contributed by atoms with Gasteiger partial charge in [0.2, 0.25) is 10.0 Å². The van der Waals surface area contributed by atoms with Gasteiger partial charge in [-0.1, -0.05) is 13.0 Å². The Kier molecular flexibility index (Phi) is 6.66. The first-order valence-electron chi connectivity index (χ1n) is 10.2. The summed E-state index contributed by atoms with van der Waals surface area (Å²) < 4.78 is 28.1. The Morgan fingerprint density at radius 2 is 1.65 bits per heavy atom. The number of sulfonamides is 1. The van der Waals surface area contributed by atoms with Crippen molar-refractivity contribution in [2.24, 2.45) is 11.7 Å². The highest BCUT2D eigenvalue weighted by Gasteiger charge is 2.30. The summed E-state index contributed by atoms with van der Waals surface area (Å²) in [7, 11) is -3.70. The molecule has 0 radical (unpaired) electrons. The molecule has 3 rings (SSSR count). The van der Waals surface area contributed by atoms with Gasteiger partial charge in [0.05, 0.1) is 4.90 Å². The second-order valence-electron chi connectivity index (χ2n) is 8.03. The van der Waals surface area contributed by atoms with Crippen molar-refractivity contribution >= 4 is 33.3 Å². The van der Waals surface area contributed by atoms with Gasteiger partial charge < -0.3 is 16.4 Å². The predicted octanol–water partition coefficient (Wildman–Crippen LogP) is 3.47. The lowest BCUT2D eigenvalue weighted by Gasteiger charge is -2.30. The van der Waals surface area contributed by atoms with Crippen molar-refractivity contribution in [3.63, 3.8) is 0 Å². The van der Waals surface area contributed by atoms with Gasteiger partial charge >= 0.3 is 6.03 Å². The molecule has 31 heavy (non-hydrogen) atoms. The van der Waals surface area contributed by atoms with Crippen molar-refractivity contribution in [2.45, 2.75) is 38.5 Å². The van der Waals surface area contributed by atoms with Crippen LogP contribution in [0.1, 0.15) is 41.3 Å². The second-order valence-corrected chi connectivity index (χ2v) is 9.93. The van der Waals surface area contributed by atoms with Crippen LogP contribution >= 0.6 is 0 Å². The molecule has 1 aliphatic rings. The predicted molar refractivity (Wildman–Crippen MR) is 121 cm³/mol. The van der Waals surface area contributed by atoms with Gasteiger partial charge in [0.1, 0.15) is 0 Å². The number of carbonyl (C=O) groups is 2. The van der Waals surface area contributed by atoms with Crippen LogP contribution in [0.3, 0.4) is 0 Å². The standard InChI is InChI=1S/C22H28N4O4S/c1-14-7-9-26(10-8-14)31(29,30)20-12-17(11-15(2)16(20)3)21(27)24-18-5-4-6-19(13-18)25-22(23)28/h4-6,11-14H,7-10H2,1-3H3,(H,24,27)(H3,23,25,28). The average Bonchev–Trinajstić information content (AvgIpc) is 2.69. The van der Waals surface area contributed by atoms with Crippen LogP contribution in [0.5, 0.6) is 0 Å². The quantitative estimate of drug-likeness (QED) is 0.654. The molecule has 2 aromatic rings. The molecule has 1 fully saturated rings. The number of nitrogens with zero attached hydrogens (tertiary/aromatic N) is 1. The van der Waals surface area contributed by atoms with Gasteiger partial charge in [-0.2, -0.15) is 4.31 Å². The zero-order chi connectivity index (χ0) is 22.8. The van der Waals surface area contributed by atoms with Crippen molar-refractivity contribution in [3.8, 4) is 0 Å². The van der Waals surface area contributed by atoms with Gasteiger partial charge in [-0.3, -0.25) is 4.79 Å². The monoisotopic (exact) mass is 444 g/mol. The molecule has 0 unspecified atom stereocenters. The third kappa shape index (κ3) is 5.23. The molecule has 1 saturated heterocycles. The van der Waals surface area contributed by atoms with E-state index in [0.29, 0.717) is 35.9 Å². The van der Waals surface area contributed by atoms with Gasteiger partial charge in [0, 0.05) is 30.0 Å². The summed E-state index contributed by atoms with van der Waals surface area (Å²) in [5.41, 5.74) is 7.63. The topological polar surface area (TPSA) is 122 Å². The van der Waals surface area contributed by atoms with E-state index in [-0.39, 0.29) is 10.5 Å². The highest BCUT2D eigenvalue weighted by Crippen LogP contribution is 2.28. The fraction of sp³-hybridized carbons (Fsp3) is 0.364. The summed E-state index contributed by atoms with van der Waals surface area (Å²) in [4.78, 5) is 24.1. The molecule has 0 atom stereocenters. The molecule has 2 aromatic carbocycles. The van der Waals surface area contributed by atoms with E-state index in [1.54, 1.807) is 44.2 Å². The number of carbonyl (C=O) groups excluding carboxylic acids is 2. The summed E-state index contributed by atoms with van der Waals surface area (Å²) in [6.07, 6.45) is 1.65. The number of nitrogens with two attached hydrogens (primary N) is 1. The number of urea groups is 1. The van der Waals surface area contributed by atoms with Crippen molar-refractivity contribution in [1.82, 2.24) is 4.31 Å². The molecule has 0 spiro atoms. The van der Waals surface area contributed by atoms with E-state index in [1.807, 2.05) is 0 Å². The van der Waals surface area contributed by atoms with Crippen molar-refractivity contribution < 1.29 is 18.0 Å². The first-order chi connectivity index (χ1) is 14.6. The lowest BCUT2D eigenvalue weighted by molar-refractivity contribution is 0.102. The molecule has 0 saturated carbocycles. The van der Waals surface area contributed by atoms with E-state index in [9.17, 15) is 18.0 Å². The van der Waals surface area contributed by atoms with Crippen LogP contribution in [-0.4, -0.2) is 37.8 Å². The van der Waals surface area contributed by atoms with Crippen LogP contribution in [0.15, 0.2) is 41.3 Å². The van der Waals surface area contributed by atoms with Gasteiger partial charge in [-0.25, -0.2) is 13.2 Å². The Hall–Kier alpha value is -2.91. The maximum atomic E-state index is 13.3.